The van der Waals surface area contributed by atoms with Crippen LogP contribution < -0.4 is 5.73 Å². The monoisotopic (exact) mass is 167 g/mol. The van der Waals surface area contributed by atoms with Gasteiger partial charge >= 0.3 is 0 Å². The number of hydrogen-bond donors (Lipinski definition) is 1. The lowest BCUT2D eigenvalue weighted by molar-refractivity contribution is 0.185. The fourth-order valence-electron chi connectivity index (χ4n) is 2.97. The van der Waals surface area contributed by atoms with E-state index in [0.29, 0.717) is 5.54 Å². The largest absolute Gasteiger partial charge is 0.325 e. The first-order valence-corrected chi connectivity index (χ1v) is 5.55. The second-order valence-electron chi connectivity index (χ2n) is 4.79. The second kappa shape index (κ2) is 3.02. The van der Waals surface area contributed by atoms with Gasteiger partial charge in [0.05, 0.1) is 0 Å². The van der Waals surface area contributed by atoms with Gasteiger partial charge in [-0.05, 0) is 31.1 Å². The van der Waals surface area contributed by atoms with E-state index in [4.69, 9.17) is 5.73 Å². The Hall–Kier alpha value is -0.0400. The standard InChI is InChI=1S/C11H21N/c1-2-9-5-3-4-6-10(9)11(12)7-8-11/h9-10H,2-8,12H2,1H3. The molecule has 0 heterocycles. The van der Waals surface area contributed by atoms with E-state index < -0.39 is 0 Å². The van der Waals surface area contributed by atoms with Gasteiger partial charge in [0.1, 0.15) is 0 Å². The highest BCUT2D eigenvalue weighted by molar-refractivity contribution is 5.06. The van der Waals surface area contributed by atoms with Crippen molar-refractivity contribution in [1.82, 2.24) is 0 Å². The van der Waals surface area contributed by atoms with E-state index in [0.717, 1.165) is 11.8 Å². The lowest BCUT2D eigenvalue weighted by Gasteiger charge is -2.35. The Morgan fingerprint density at radius 3 is 2.50 bits per heavy atom. The second-order valence-corrected chi connectivity index (χ2v) is 4.79. The van der Waals surface area contributed by atoms with E-state index in [2.05, 4.69) is 6.92 Å². The van der Waals surface area contributed by atoms with Gasteiger partial charge in [0.2, 0.25) is 0 Å². The average molecular weight is 167 g/mol. The zero-order valence-corrected chi connectivity index (χ0v) is 8.18. The van der Waals surface area contributed by atoms with Crippen molar-refractivity contribution >= 4 is 0 Å². The zero-order chi connectivity index (χ0) is 8.60. The molecular weight excluding hydrogens is 146 g/mol. The topological polar surface area (TPSA) is 26.0 Å². The van der Waals surface area contributed by atoms with Crippen molar-refractivity contribution in [3.05, 3.63) is 0 Å². The van der Waals surface area contributed by atoms with E-state index in [9.17, 15) is 0 Å². The molecule has 0 saturated heterocycles. The van der Waals surface area contributed by atoms with Crippen LogP contribution in [0.5, 0.6) is 0 Å². The number of hydrogen-bond acceptors (Lipinski definition) is 1. The molecule has 2 saturated carbocycles. The Balaban J connectivity index is 2.00. The molecule has 2 aliphatic rings. The van der Waals surface area contributed by atoms with Crippen molar-refractivity contribution in [2.45, 2.75) is 57.4 Å². The molecular formula is C11H21N. The first-order valence-electron chi connectivity index (χ1n) is 5.55. The van der Waals surface area contributed by atoms with E-state index in [1.165, 1.54) is 44.9 Å². The van der Waals surface area contributed by atoms with Crippen molar-refractivity contribution in [3.63, 3.8) is 0 Å². The Kier molecular flexibility index (Phi) is 2.16. The van der Waals surface area contributed by atoms with Crippen molar-refractivity contribution in [1.29, 1.82) is 0 Å². The summed E-state index contributed by atoms with van der Waals surface area (Å²) in [5, 5.41) is 0. The first kappa shape index (κ1) is 8.55. The van der Waals surface area contributed by atoms with Crippen LogP contribution in [0.3, 0.4) is 0 Å². The predicted molar refractivity (Wildman–Crippen MR) is 51.9 cm³/mol. The molecule has 0 aromatic rings. The normalized spacial score (nSPS) is 39.5. The van der Waals surface area contributed by atoms with Crippen LogP contribution in [0.2, 0.25) is 0 Å². The van der Waals surface area contributed by atoms with Crippen LogP contribution in [0.15, 0.2) is 0 Å². The van der Waals surface area contributed by atoms with Crippen LogP contribution in [0.25, 0.3) is 0 Å². The molecule has 0 spiro atoms. The fourth-order valence-corrected chi connectivity index (χ4v) is 2.97. The van der Waals surface area contributed by atoms with E-state index in [1.54, 1.807) is 0 Å². The van der Waals surface area contributed by atoms with Crippen LogP contribution in [0.1, 0.15) is 51.9 Å². The molecule has 0 aliphatic heterocycles. The van der Waals surface area contributed by atoms with Crippen LogP contribution in [0, 0.1) is 11.8 Å². The van der Waals surface area contributed by atoms with Crippen molar-refractivity contribution in [2.24, 2.45) is 17.6 Å². The minimum absolute atomic E-state index is 0.293. The van der Waals surface area contributed by atoms with E-state index in [1.807, 2.05) is 0 Å². The predicted octanol–water partition coefficient (Wildman–Crippen LogP) is 2.69. The SMILES string of the molecule is CCC1CCCCC1C1(N)CC1. The molecule has 2 rings (SSSR count). The van der Waals surface area contributed by atoms with Gasteiger partial charge in [0.25, 0.3) is 0 Å². The molecule has 0 aromatic heterocycles. The van der Waals surface area contributed by atoms with E-state index in [-0.39, 0.29) is 0 Å². The summed E-state index contributed by atoms with van der Waals surface area (Å²) in [7, 11) is 0. The quantitative estimate of drug-likeness (QED) is 0.672. The van der Waals surface area contributed by atoms with Crippen LogP contribution >= 0.6 is 0 Å². The molecule has 0 radical (unpaired) electrons. The highest BCUT2D eigenvalue weighted by atomic mass is 14.8. The summed E-state index contributed by atoms with van der Waals surface area (Å²) in [5.74, 6) is 1.82. The average Bonchev–Trinajstić information content (AvgIpc) is 2.85. The summed E-state index contributed by atoms with van der Waals surface area (Å²) in [5.41, 5.74) is 6.58. The molecule has 1 heteroatoms. The molecule has 2 aliphatic carbocycles. The van der Waals surface area contributed by atoms with Gasteiger partial charge in [0, 0.05) is 5.54 Å². The third-order valence-corrected chi connectivity index (χ3v) is 4.00. The van der Waals surface area contributed by atoms with Gasteiger partial charge in [-0.15, -0.1) is 0 Å². The van der Waals surface area contributed by atoms with Gasteiger partial charge in [0.15, 0.2) is 0 Å². The molecule has 12 heavy (non-hydrogen) atoms. The maximum Gasteiger partial charge on any atom is 0.0186 e. The maximum absolute atomic E-state index is 6.29. The molecule has 2 atom stereocenters. The lowest BCUT2D eigenvalue weighted by Crippen LogP contribution is -2.38. The van der Waals surface area contributed by atoms with Gasteiger partial charge in [-0.1, -0.05) is 32.6 Å². The number of nitrogens with two attached hydrogens (primary N) is 1. The van der Waals surface area contributed by atoms with Gasteiger partial charge in [-0.25, -0.2) is 0 Å². The maximum atomic E-state index is 6.29. The van der Waals surface area contributed by atoms with Crippen LogP contribution in [-0.4, -0.2) is 5.54 Å². The minimum Gasteiger partial charge on any atom is -0.325 e. The molecule has 0 bridgehead atoms. The molecule has 2 unspecified atom stereocenters. The van der Waals surface area contributed by atoms with Crippen molar-refractivity contribution in [2.75, 3.05) is 0 Å². The minimum atomic E-state index is 0.293. The van der Waals surface area contributed by atoms with Gasteiger partial charge < -0.3 is 5.73 Å². The van der Waals surface area contributed by atoms with Crippen molar-refractivity contribution in [3.8, 4) is 0 Å². The molecule has 0 amide bonds. The van der Waals surface area contributed by atoms with Crippen LogP contribution in [-0.2, 0) is 0 Å². The van der Waals surface area contributed by atoms with Gasteiger partial charge in [-0.2, -0.15) is 0 Å². The smallest absolute Gasteiger partial charge is 0.0186 e. The van der Waals surface area contributed by atoms with Gasteiger partial charge in [-0.3, -0.25) is 0 Å². The Labute approximate surface area is 75.7 Å². The van der Waals surface area contributed by atoms with E-state index >= 15 is 0 Å². The third kappa shape index (κ3) is 1.39. The molecule has 0 aromatic carbocycles. The Morgan fingerprint density at radius 1 is 1.25 bits per heavy atom. The molecule has 70 valence electrons. The highest BCUT2D eigenvalue weighted by Gasteiger charge is 2.48. The summed E-state index contributed by atoms with van der Waals surface area (Å²) in [6.07, 6.45) is 9.69. The molecule has 1 nitrogen and oxygen atoms in total. The summed E-state index contributed by atoms with van der Waals surface area (Å²) < 4.78 is 0. The third-order valence-electron chi connectivity index (χ3n) is 4.00. The molecule has 2 N–H and O–H groups in total. The van der Waals surface area contributed by atoms with Crippen molar-refractivity contribution < 1.29 is 0 Å². The fraction of sp³-hybridized carbons (Fsp3) is 1.00. The molecule has 2 fully saturated rings. The summed E-state index contributed by atoms with van der Waals surface area (Å²) in [4.78, 5) is 0. The summed E-state index contributed by atoms with van der Waals surface area (Å²) in [6, 6.07) is 0. The number of rotatable bonds is 2. The van der Waals surface area contributed by atoms with Crippen LogP contribution in [0.4, 0.5) is 0 Å². The summed E-state index contributed by atoms with van der Waals surface area (Å²) >= 11 is 0. The highest BCUT2D eigenvalue weighted by Crippen LogP contribution is 2.49. The Morgan fingerprint density at radius 2 is 1.92 bits per heavy atom. The lowest BCUT2D eigenvalue weighted by atomic mass is 9.73. The summed E-state index contributed by atoms with van der Waals surface area (Å²) in [6.45, 7) is 2.33. The zero-order valence-electron chi connectivity index (χ0n) is 8.18. The Bertz CT molecular complexity index is 160. The first-order chi connectivity index (χ1) is 5.76.